The molecule has 3 unspecified atom stereocenters. The predicted molar refractivity (Wildman–Crippen MR) is 174 cm³/mol. The third-order valence-corrected chi connectivity index (χ3v) is 8.14. The Labute approximate surface area is 262 Å². The summed E-state index contributed by atoms with van der Waals surface area (Å²) in [5, 5.41) is 0. The fourth-order valence-corrected chi connectivity index (χ4v) is 5.52. The van der Waals surface area contributed by atoms with Gasteiger partial charge in [-0.2, -0.15) is 0 Å². The maximum absolute atomic E-state index is 13.4. The summed E-state index contributed by atoms with van der Waals surface area (Å²) in [5.41, 5.74) is 6.11. The molecule has 0 bridgehead atoms. The number of carbonyl (C=O) groups is 2. The number of oxazole rings is 1. The molecule has 234 valence electrons. The van der Waals surface area contributed by atoms with Gasteiger partial charge in [0.05, 0.1) is 5.92 Å². The molecule has 44 heavy (non-hydrogen) atoms. The first-order valence-electron chi connectivity index (χ1n) is 16.3. The second-order valence-electron chi connectivity index (χ2n) is 11.8. The summed E-state index contributed by atoms with van der Waals surface area (Å²) in [6.07, 6.45) is 6.96. The standard InChI is InChI=1S/C38H47NO5/c1-5-11-29-17-21-31(22-18-29)27(3)42-37(40)26-25-33(13-7-10-16-36-39-34-14-8-9-15-35(34)44-36)38(41)43-28(4)32-23-19-30(12-6-2)20-24-32/h8-9,14-15,17-24,27-28,33H,5-7,10-13,16,25-26H2,1-4H3. The van der Waals surface area contributed by atoms with E-state index in [1.54, 1.807) is 0 Å². The van der Waals surface area contributed by atoms with Crippen LogP contribution in [0, 0.1) is 5.92 Å². The van der Waals surface area contributed by atoms with Gasteiger partial charge in [0.2, 0.25) is 0 Å². The van der Waals surface area contributed by atoms with Crippen LogP contribution in [0.4, 0.5) is 0 Å². The second kappa shape index (κ2) is 16.8. The smallest absolute Gasteiger partial charge is 0.309 e. The average Bonchev–Trinajstić information content (AvgIpc) is 3.44. The highest BCUT2D eigenvalue weighted by Gasteiger charge is 2.24. The summed E-state index contributed by atoms with van der Waals surface area (Å²) in [7, 11) is 0. The van der Waals surface area contributed by atoms with Gasteiger partial charge in [-0.1, -0.05) is 93.8 Å². The Morgan fingerprint density at radius 1 is 0.727 bits per heavy atom. The number of para-hydroxylation sites is 2. The highest BCUT2D eigenvalue weighted by atomic mass is 16.5. The van der Waals surface area contributed by atoms with Crippen molar-refractivity contribution in [3.8, 4) is 0 Å². The molecule has 0 fully saturated rings. The van der Waals surface area contributed by atoms with E-state index in [1.807, 2.05) is 62.4 Å². The second-order valence-corrected chi connectivity index (χ2v) is 11.8. The highest BCUT2D eigenvalue weighted by molar-refractivity contribution is 5.75. The first-order valence-corrected chi connectivity index (χ1v) is 16.3. The summed E-state index contributed by atoms with van der Waals surface area (Å²) in [4.78, 5) is 30.8. The largest absolute Gasteiger partial charge is 0.458 e. The van der Waals surface area contributed by atoms with E-state index in [9.17, 15) is 9.59 Å². The molecule has 0 N–H and O–H groups in total. The Morgan fingerprint density at radius 2 is 1.32 bits per heavy atom. The molecule has 0 aliphatic rings. The molecule has 1 aromatic heterocycles. The molecule has 6 heteroatoms. The average molecular weight is 598 g/mol. The van der Waals surface area contributed by atoms with Crippen LogP contribution < -0.4 is 0 Å². The predicted octanol–water partition coefficient (Wildman–Crippen LogP) is 9.45. The minimum Gasteiger partial charge on any atom is -0.458 e. The van der Waals surface area contributed by atoms with E-state index in [4.69, 9.17) is 13.9 Å². The first-order chi connectivity index (χ1) is 21.4. The number of carbonyl (C=O) groups excluding carboxylic acids is 2. The zero-order valence-corrected chi connectivity index (χ0v) is 26.7. The maximum atomic E-state index is 13.4. The van der Waals surface area contributed by atoms with E-state index in [0.29, 0.717) is 25.2 Å². The molecule has 6 nitrogen and oxygen atoms in total. The lowest BCUT2D eigenvalue weighted by molar-refractivity contribution is -0.155. The van der Waals surface area contributed by atoms with Crippen LogP contribution >= 0.6 is 0 Å². The molecule has 0 saturated heterocycles. The van der Waals surface area contributed by atoms with Crippen molar-refractivity contribution in [1.82, 2.24) is 4.98 Å². The fraction of sp³-hybridized carbons (Fsp3) is 0.447. The third-order valence-electron chi connectivity index (χ3n) is 8.14. The first kappa shape index (κ1) is 33.0. The minimum absolute atomic E-state index is 0.156. The van der Waals surface area contributed by atoms with Crippen LogP contribution in [0.3, 0.4) is 0 Å². The van der Waals surface area contributed by atoms with Crippen LogP contribution in [0.15, 0.2) is 77.2 Å². The summed E-state index contributed by atoms with van der Waals surface area (Å²) < 4.78 is 17.5. The number of nitrogens with zero attached hydrogens (tertiary/aromatic N) is 1. The Hall–Kier alpha value is -3.93. The molecular formula is C38H47NO5. The van der Waals surface area contributed by atoms with E-state index in [1.165, 1.54) is 11.1 Å². The SMILES string of the molecule is CCCc1ccc(C(C)OC(=O)CCC(CCCCc2nc3ccccc3o2)C(=O)OC(C)c2ccc(CCC)cc2)cc1. The molecule has 3 atom stereocenters. The molecular weight excluding hydrogens is 550 g/mol. The van der Waals surface area contributed by atoms with Gasteiger partial charge in [0, 0.05) is 12.8 Å². The van der Waals surface area contributed by atoms with Crippen LogP contribution in [0.2, 0.25) is 0 Å². The van der Waals surface area contributed by atoms with Crippen molar-refractivity contribution in [2.45, 2.75) is 104 Å². The van der Waals surface area contributed by atoms with Gasteiger partial charge >= 0.3 is 11.9 Å². The van der Waals surface area contributed by atoms with Gasteiger partial charge in [0.15, 0.2) is 11.5 Å². The number of hydrogen-bond acceptors (Lipinski definition) is 6. The Balaban J connectivity index is 1.33. The number of rotatable bonds is 17. The van der Waals surface area contributed by atoms with Gasteiger partial charge in [-0.15, -0.1) is 0 Å². The lowest BCUT2D eigenvalue weighted by Crippen LogP contribution is -2.21. The Kier molecular flexibility index (Phi) is 12.6. The van der Waals surface area contributed by atoms with Gasteiger partial charge in [-0.3, -0.25) is 9.59 Å². The molecule has 4 aromatic rings. The van der Waals surface area contributed by atoms with Gasteiger partial charge in [0.1, 0.15) is 17.7 Å². The Bertz CT molecular complexity index is 1420. The third kappa shape index (κ3) is 9.80. The lowest BCUT2D eigenvalue weighted by Gasteiger charge is -2.20. The highest BCUT2D eigenvalue weighted by Crippen LogP contribution is 2.26. The van der Waals surface area contributed by atoms with E-state index in [2.05, 4.69) is 43.1 Å². The van der Waals surface area contributed by atoms with Gasteiger partial charge in [-0.25, -0.2) is 4.98 Å². The molecule has 0 saturated carbocycles. The number of hydrogen-bond donors (Lipinski definition) is 0. The number of aromatic nitrogens is 1. The van der Waals surface area contributed by atoms with Gasteiger partial charge in [-0.05, 0) is 80.3 Å². The maximum Gasteiger partial charge on any atom is 0.309 e. The molecule has 0 aliphatic heterocycles. The summed E-state index contributed by atoms with van der Waals surface area (Å²) in [6, 6.07) is 24.2. The fourth-order valence-electron chi connectivity index (χ4n) is 5.52. The number of fused-ring (bicyclic) bond motifs is 1. The molecule has 0 radical (unpaired) electrons. The summed E-state index contributed by atoms with van der Waals surface area (Å²) in [6.45, 7) is 8.11. The van der Waals surface area contributed by atoms with Crippen LogP contribution in [-0.4, -0.2) is 16.9 Å². The van der Waals surface area contributed by atoms with Crippen molar-refractivity contribution < 1.29 is 23.5 Å². The van der Waals surface area contributed by atoms with E-state index in [0.717, 1.165) is 60.8 Å². The lowest BCUT2D eigenvalue weighted by atomic mass is 9.96. The quantitative estimate of drug-likeness (QED) is 0.0891. The number of benzene rings is 3. The molecule has 1 heterocycles. The van der Waals surface area contributed by atoms with Crippen LogP contribution in [0.5, 0.6) is 0 Å². The summed E-state index contributed by atoms with van der Waals surface area (Å²) >= 11 is 0. The number of esters is 2. The van der Waals surface area contributed by atoms with Crippen LogP contribution in [0.1, 0.15) is 113 Å². The zero-order chi connectivity index (χ0) is 31.3. The topological polar surface area (TPSA) is 78.6 Å². The molecule has 4 rings (SSSR count). The van der Waals surface area contributed by atoms with Crippen molar-refractivity contribution >= 4 is 23.0 Å². The van der Waals surface area contributed by atoms with Gasteiger partial charge in [0.25, 0.3) is 0 Å². The molecule has 0 amide bonds. The minimum atomic E-state index is -0.406. The zero-order valence-electron chi connectivity index (χ0n) is 26.7. The van der Waals surface area contributed by atoms with Crippen LogP contribution in [-0.2, 0) is 38.3 Å². The van der Waals surface area contributed by atoms with Gasteiger partial charge < -0.3 is 13.9 Å². The van der Waals surface area contributed by atoms with Crippen molar-refractivity contribution in [3.05, 3.63) is 101 Å². The van der Waals surface area contributed by atoms with Crippen molar-refractivity contribution in [2.75, 3.05) is 0 Å². The number of unbranched alkanes of at least 4 members (excludes halogenated alkanes) is 1. The van der Waals surface area contributed by atoms with Crippen molar-refractivity contribution in [2.24, 2.45) is 5.92 Å². The molecule has 0 spiro atoms. The number of aryl methyl sites for hydroxylation is 3. The monoisotopic (exact) mass is 597 g/mol. The van der Waals surface area contributed by atoms with E-state index >= 15 is 0 Å². The summed E-state index contributed by atoms with van der Waals surface area (Å²) in [5.74, 6) is -0.286. The Morgan fingerprint density at radius 3 is 1.91 bits per heavy atom. The van der Waals surface area contributed by atoms with Crippen molar-refractivity contribution in [1.29, 1.82) is 0 Å². The van der Waals surface area contributed by atoms with Crippen LogP contribution in [0.25, 0.3) is 11.1 Å². The normalized spacial score (nSPS) is 13.4. The molecule has 0 aliphatic carbocycles. The van der Waals surface area contributed by atoms with E-state index in [-0.39, 0.29) is 30.6 Å². The number of ether oxygens (including phenoxy) is 2. The van der Waals surface area contributed by atoms with E-state index < -0.39 is 5.92 Å². The van der Waals surface area contributed by atoms with Crippen molar-refractivity contribution in [3.63, 3.8) is 0 Å². The molecule has 3 aromatic carbocycles.